The molecule has 10 heteroatoms. The van der Waals surface area contributed by atoms with Crippen LogP contribution in [0.1, 0.15) is 21.5 Å². The fraction of sp³-hybridized carbons (Fsp3) is 0.281. The van der Waals surface area contributed by atoms with Crippen LogP contribution >= 0.6 is 0 Å². The Morgan fingerprint density at radius 1 is 0.500 bits per heavy atom. The van der Waals surface area contributed by atoms with E-state index in [2.05, 4.69) is 0 Å². The fourth-order valence-electron chi connectivity index (χ4n) is 4.30. The first-order valence-electron chi connectivity index (χ1n) is 12.7. The van der Waals surface area contributed by atoms with Crippen LogP contribution in [0.4, 0.5) is 0 Å². The van der Waals surface area contributed by atoms with E-state index in [1.165, 1.54) is 55.8 Å². The van der Waals surface area contributed by atoms with Crippen LogP contribution in [0, 0.1) is 0 Å². The van der Waals surface area contributed by atoms with Crippen molar-refractivity contribution in [3.63, 3.8) is 0 Å². The van der Waals surface area contributed by atoms with Crippen molar-refractivity contribution in [2.45, 2.75) is 0 Å². The number of carbonyl (C=O) groups excluding carboxylic acids is 1. The highest BCUT2D eigenvalue weighted by atomic mass is 16.5. The number of allylic oxidation sites excluding steroid dienone is 3. The zero-order chi connectivity index (χ0) is 30.8. The van der Waals surface area contributed by atoms with Crippen LogP contribution in [0.25, 0.3) is 11.6 Å². The van der Waals surface area contributed by atoms with Gasteiger partial charge in [-0.05, 0) is 47.5 Å². The monoisotopic (exact) mass is 580 g/mol. The molecule has 0 bridgehead atoms. The van der Waals surface area contributed by atoms with Gasteiger partial charge in [0.05, 0.1) is 64.0 Å². The molecule has 0 heterocycles. The lowest BCUT2D eigenvalue weighted by Crippen LogP contribution is -2.02. The van der Waals surface area contributed by atoms with Crippen molar-refractivity contribution in [2.75, 3.05) is 64.0 Å². The van der Waals surface area contributed by atoms with E-state index in [1.54, 1.807) is 56.7 Å². The van der Waals surface area contributed by atoms with Gasteiger partial charge >= 0.3 is 0 Å². The molecule has 3 rings (SSSR count). The van der Waals surface area contributed by atoms with Crippen molar-refractivity contribution in [3.8, 4) is 51.7 Å². The van der Waals surface area contributed by atoms with Gasteiger partial charge in [-0.2, -0.15) is 0 Å². The molecule has 0 aliphatic carbocycles. The summed E-state index contributed by atoms with van der Waals surface area (Å²) in [6.45, 7) is 0. The Morgan fingerprint density at radius 2 is 0.929 bits per heavy atom. The molecular formula is C32H36O10. The van der Waals surface area contributed by atoms with E-state index in [-0.39, 0.29) is 5.78 Å². The number of ketones is 1. The van der Waals surface area contributed by atoms with Gasteiger partial charge in [-0.1, -0.05) is 12.2 Å². The molecule has 42 heavy (non-hydrogen) atoms. The molecule has 0 atom stereocenters. The van der Waals surface area contributed by atoms with E-state index < -0.39 is 0 Å². The van der Waals surface area contributed by atoms with Gasteiger partial charge in [0.15, 0.2) is 40.3 Å². The topological polar surface area (TPSA) is 100 Å². The van der Waals surface area contributed by atoms with Crippen molar-refractivity contribution >= 4 is 17.4 Å². The molecule has 224 valence electrons. The Hall–Kier alpha value is -4.99. The summed E-state index contributed by atoms with van der Waals surface area (Å²) < 4.78 is 49.4. The third-order valence-corrected chi connectivity index (χ3v) is 6.39. The smallest absolute Gasteiger partial charge is 0.203 e. The summed E-state index contributed by atoms with van der Waals surface area (Å²) in [6, 6.07) is 10.2. The molecule has 0 saturated carbocycles. The van der Waals surface area contributed by atoms with Crippen LogP contribution in [0.5, 0.6) is 51.7 Å². The van der Waals surface area contributed by atoms with Gasteiger partial charge in [-0.25, -0.2) is 0 Å². The lowest BCUT2D eigenvalue weighted by Gasteiger charge is -2.16. The lowest BCUT2D eigenvalue weighted by molar-refractivity contribution is 0.104. The van der Waals surface area contributed by atoms with Crippen molar-refractivity contribution in [1.82, 2.24) is 0 Å². The van der Waals surface area contributed by atoms with Gasteiger partial charge < -0.3 is 42.6 Å². The highest BCUT2D eigenvalue weighted by Crippen LogP contribution is 2.42. The summed E-state index contributed by atoms with van der Waals surface area (Å²) in [4.78, 5) is 13.7. The molecule has 10 nitrogen and oxygen atoms in total. The molecule has 0 radical (unpaired) electrons. The number of carbonyl (C=O) groups is 1. The van der Waals surface area contributed by atoms with E-state index in [9.17, 15) is 4.79 Å². The van der Waals surface area contributed by atoms with E-state index >= 15 is 0 Å². The standard InChI is InChI=1S/C32H36O10/c1-34-24-18-26(36-3)25(35-2)17-22(24)20(11-10-19-12-27(37-4)31(41-8)28(13-19)38-5)14-23(33)21-15-29(39-6)32(42-9)30(16-21)40-7/h10-18H,1-9H3. The zero-order valence-electron chi connectivity index (χ0n) is 25.3. The third-order valence-electron chi connectivity index (χ3n) is 6.39. The summed E-state index contributed by atoms with van der Waals surface area (Å²) in [7, 11) is 13.7. The molecule has 0 aliphatic heterocycles. The van der Waals surface area contributed by atoms with Crippen molar-refractivity contribution in [2.24, 2.45) is 0 Å². The Kier molecular flexibility index (Phi) is 11.0. The van der Waals surface area contributed by atoms with Crippen LogP contribution < -0.4 is 42.6 Å². The van der Waals surface area contributed by atoms with E-state index in [0.29, 0.717) is 68.4 Å². The lowest BCUT2D eigenvalue weighted by atomic mass is 9.98. The summed E-state index contributed by atoms with van der Waals surface area (Å²) in [6.07, 6.45) is 5.08. The maximum Gasteiger partial charge on any atom is 0.203 e. The molecule has 0 unspecified atom stereocenters. The SMILES string of the molecule is COc1cc(OC)c(C(C=Cc2cc(OC)c(OC)c(OC)c2)=CC(=O)c2cc(OC)c(OC)c(OC)c2)cc1OC. The molecule has 0 spiro atoms. The quantitative estimate of drug-likeness (QED) is 0.133. The molecule has 0 amide bonds. The Labute approximate surface area is 245 Å². The van der Waals surface area contributed by atoms with Crippen LogP contribution in [-0.2, 0) is 0 Å². The number of methoxy groups -OCH3 is 9. The number of ether oxygens (including phenoxy) is 9. The van der Waals surface area contributed by atoms with Gasteiger partial charge in [-0.15, -0.1) is 0 Å². The minimum Gasteiger partial charge on any atom is -0.496 e. The van der Waals surface area contributed by atoms with Crippen molar-refractivity contribution in [1.29, 1.82) is 0 Å². The normalized spacial score (nSPS) is 11.1. The van der Waals surface area contributed by atoms with Gasteiger partial charge in [0.1, 0.15) is 5.75 Å². The molecule has 3 aromatic rings. The zero-order valence-corrected chi connectivity index (χ0v) is 25.3. The van der Waals surface area contributed by atoms with Crippen molar-refractivity contribution in [3.05, 3.63) is 65.2 Å². The summed E-state index contributed by atoms with van der Waals surface area (Å²) in [5.74, 6) is 3.60. The number of benzene rings is 3. The van der Waals surface area contributed by atoms with Gasteiger partial charge in [-0.3, -0.25) is 4.79 Å². The maximum absolute atomic E-state index is 13.7. The van der Waals surface area contributed by atoms with E-state index in [0.717, 1.165) is 5.56 Å². The molecular weight excluding hydrogens is 544 g/mol. The van der Waals surface area contributed by atoms with Crippen LogP contribution in [-0.4, -0.2) is 69.8 Å². The van der Waals surface area contributed by atoms with E-state index in [1.807, 2.05) is 6.08 Å². The Morgan fingerprint density at radius 3 is 1.36 bits per heavy atom. The van der Waals surface area contributed by atoms with Gasteiger partial charge in [0.2, 0.25) is 11.5 Å². The summed E-state index contributed by atoms with van der Waals surface area (Å²) in [5, 5.41) is 0. The second kappa shape index (κ2) is 14.6. The highest BCUT2D eigenvalue weighted by molar-refractivity contribution is 6.11. The first-order valence-corrected chi connectivity index (χ1v) is 12.7. The second-order valence-electron chi connectivity index (χ2n) is 8.58. The first kappa shape index (κ1) is 31.5. The van der Waals surface area contributed by atoms with Gasteiger partial charge in [0.25, 0.3) is 0 Å². The average molecular weight is 581 g/mol. The highest BCUT2D eigenvalue weighted by Gasteiger charge is 2.19. The summed E-state index contributed by atoms with van der Waals surface area (Å²) >= 11 is 0. The number of hydrogen-bond acceptors (Lipinski definition) is 10. The molecule has 0 aromatic heterocycles. The largest absolute Gasteiger partial charge is 0.496 e. The minimum atomic E-state index is -0.323. The molecule has 0 saturated heterocycles. The van der Waals surface area contributed by atoms with Crippen LogP contribution in [0.2, 0.25) is 0 Å². The molecule has 0 fully saturated rings. The predicted molar refractivity (Wildman–Crippen MR) is 160 cm³/mol. The van der Waals surface area contributed by atoms with Crippen molar-refractivity contribution < 1.29 is 47.4 Å². The Bertz CT molecular complexity index is 1420. The number of rotatable bonds is 14. The predicted octanol–water partition coefficient (Wildman–Crippen LogP) is 5.74. The van der Waals surface area contributed by atoms with Crippen LogP contribution in [0.15, 0.2) is 48.6 Å². The molecule has 3 aromatic carbocycles. The summed E-state index contributed by atoms with van der Waals surface area (Å²) in [5.41, 5.74) is 2.15. The fourth-order valence-corrected chi connectivity index (χ4v) is 4.30. The van der Waals surface area contributed by atoms with Gasteiger partial charge in [0, 0.05) is 17.2 Å². The third kappa shape index (κ3) is 6.65. The average Bonchev–Trinajstić information content (AvgIpc) is 3.04. The first-order chi connectivity index (χ1) is 20.3. The Balaban J connectivity index is 2.25. The van der Waals surface area contributed by atoms with E-state index in [4.69, 9.17) is 42.6 Å². The molecule has 0 aliphatic rings. The second-order valence-corrected chi connectivity index (χ2v) is 8.58. The minimum absolute atomic E-state index is 0.322. The number of hydrogen-bond donors (Lipinski definition) is 0. The maximum atomic E-state index is 13.7. The van der Waals surface area contributed by atoms with Crippen LogP contribution in [0.3, 0.4) is 0 Å². The molecule has 0 N–H and O–H groups in total.